The van der Waals surface area contributed by atoms with Crippen molar-refractivity contribution in [2.24, 2.45) is 0 Å². The van der Waals surface area contributed by atoms with E-state index in [9.17, 15) is 4.79 Å². The van der Waals surface area contributed by atoms with Crippen molar-refractivity contribution in [1.29, 1.82) is 0 Å². The van der Waals surface area contributed by atoms with Gasteiger partial charge in [0.25, 0.3) is 0 Å². The topological polar surface area (TPSA) is 52.3 Å². The molecule has 2 N–H and O–H groups in total. The molecule has 1 saturated carbocycles. The summed E-state index contributed by atoms with van der Waals surface area (Å²) in [6, 6.07) is 7.45. The number of anilines is 1. The third kappa shape index (κ3) is 3.28. The molecule has 1 fully saturated rings. The van der Waals surface area contributed by atoms with Gasteiger partial charge in [0.2, 0.25) is 0 Å². The van der Waals surface area contributed by atoms with Crippen molar-refractivity contribution in [3.05, 3.63) is 29.8 Å². The number of carbonyl (C=O) groups excluding carboxylic acids is 1. The fourth-order valence-electron chi connectivity index (χ4n) is 2.50. The number of hydrogen-bond donors (Lipinski definition) is 1. The van der Waals surface area contributed by atoms with E-state index < -0.39 is 5.41 Å². The van der Waals surface area contributed by atoms with Gasteiger partial charge in [-0.15, -0.1) is 0 Å². The molecule has 19 heavy (non-hydrogen) atoms. The smallest absolute Gasteiger partial charge is 0.316 e. The summed E-state index contributed by atoms with van der Waals surface area (Å²) < 4.78 is 5.67. The molecular formula is C16H23NO2. The first-order valence-corrected chi connectivity index (χ1v) is 7.07. The predicted octanol–water partition coefficient (Wildman–Crippen LogP) is 3.42. The molecule has 104 valence electrons. The van der Waals surface area contributed by atoms with Gasteiger partial charge in [-0.3, -0.25) is 4.79 Å². The molecule has 0 saturated heterocycles. The van der Waals surface area contributed by atoms with Crippen molar-refractivity contribution in [3.8, 4) is 0 Å². The maximum Gasteiger partial charge on any atom is 0.316 e. The molecule has 0 bridgehead atoms. The Morgan fingerprint density at radius 1 is 1.16 bits per heavy atom. The van der Waals surface area contributed by atoms with Crippen LogP contribution in [0.1, 0.15) is 51.5 Å². The van der Waals surface area contributed by atoms with E-state index in [1.165, 1.54) is 19.3 Å². The molecular weight excluding hydrogens is 238 g/mol. The first-order chi connectivity index (χ1) is 9.00. The van der Waals surface area contributed by atoms with E-state index in [2.05, 4.69) is 0 Å². The van der Waals surface area contributed by atoms with Crippen LogP contribution in [0.5, 0.6) is 0 Å². The van der Waals surface area contributed by atoms with Crippen LogP contribution in [0.15, 0.2) is 24.3 Å². The van der Waals surface area contributed by atoms with Crippen LogP contribution in [0, 0.1) is 0 Å². The summed E-state index contributed by atoms with van der Waals surface area (Å²) >= 11 is 0. The van der Waals surface area contributed by atoms with Crippen LogP contribution in [-0.4, -0.2) is 12.1 Å². The van der Waals surface area contributed by atoms with Crippen LogP contribution < -0.4 is 5.73 Å². The van der Waals surface area contributed by atoms with Gasteiger partial charge in [0.05, 0.1) is 5.41 Å². The summed E-state index contributed by atoms with van der Waals surface area (Å²) in [6.07, 6.45) is 5.71. The molecule has 1 aliphatic carbocycles. The van der Waals surface area contributed by atoms with Crippen LogP contribution in [-0.2, 0) is 14.9 Å². The lowest BCUT2D eigenvalue weighted by molar-refractivity contribution is -0.156. The largest absolute Gasteiger partial charge is 0.462 e. The molecule has 0 atom stereocenters. The van der Waals surface area contributed by atoms with Crippen LogP contribution in [0.3, 0.4) is 0 Å². The van der Waals surface area contributed by atoms with E-state index in [0.29, 0.717) is 5.69 Å². The Hall–Kier alpha value is -1.51. The van der Waals surface area contributed by atoms with Crippen LogP contribution in [0.4, 0.5) is 5.69 Å². The van der Waals surface area contributed by atoms with Crippen molar-refractivity contribution in [1.82, 2.24) is 0 Å². The van der Waals surface area contributed by atoms with Crippen molar-refractivity contribution < 1.29 is 9.53 Å². The zero-order chi connectivity index (χ0) is 13.9. The molecule has 0 aliphatic heterocycles. The highest BCUT2D eigenvalue weighted by Gasteiger charge is 2.33. The highest BCUT2D eigenvalue weighted by Crippen LogP contribution is 2.28. The predicted molar refractivity (Wildman–Crippen MR) is 76.8 cm³/mol. The SMILES string of the molecule is CC(C)(C(=O)OC1CCCCC1)c1ccc(N)cc1. The number of nitrogen functional groups attached to an aromatic ring is 1. The van der Waals surface area contributed by atoms with Crippen molar-refractivity contribution in [3.63, 3.8) is 0 Å². The summed E-state index contributed by atoms with van der Waals surface area (Å²) in [6.45, 7) is 3.81. The number of carbonyl (C=O) groups is 1. The van der Waals surface area contributed by atoms with Gasteiger partial charge in [-0.25, -0.2) is 0 Å². The lowest BCUT2D eigenvalue weighted by Gasteiger charge is -2.28. The molecule has 0 heterocycles. The minimum atomic E-state index is -0.620. The molecule has 0 aromatic heterocycles. The molecule has 1 aliphatic rings. The molecule has 1 aromatic rings. The fourth-order valence-corrected chi connectivity index (χ4v) is 2.50. The van der Waals surface area contributed by atoms with Gasteiger partial charge in [0.1, 0.15) is 6.10 Å². The minimum absolute atomic E-state index is 0.106. The normalized spacial score (nSPS) is 17.2. The zero-order valence-corrected chi connectivity index (χ0v) is 11.8. The Morgan fingerprint density at radius 2 is 1.74 bits per heavy atom. The summed E-state index contributed by atoms with van der Waals surface area (Å²) in [5.41, 5.74) is 6.71. The van der Waals surface area contributed by atoms with Crippen molar-refractivity contribution in [2.45, 2.75) is 57.5 Å². The van der Waals surface area contributed by atoms with E-state index in [-0.39, 0.29) is 12.1 Å². The van der Waals surface area contributed by atoms with Gasteiger partial charge >= 0.3 is 5.97 Å². The Labute approximate surface area is 115 Å². The number of rotatable bonds is 3. The monoisotopic (exact) mass is 261 g/mol. The third-order valence-electron chi connectivity index (χ3n) is 3.97. The standard InChI is InChI=1S/C16H23NO2/c1-16(2,12-8-10-13(17)11-9-12)15(18)19-14-6-4-3-5-7-14/h8-11,14H,3-7,17H2,1-2H3. The Balaban J connectivity index is 2.05. The summed E-state index contributed by atoms with van der Waals surface area (Å²) in [5.74, 6) is -0.135. The molecule has 0 radical (unpaired) electrons. The number of nitrogens with two attached hydrogens (primary N) is 1. The lowest BCUT2D eigenvalue weighted by atomic mass is 9.84. The lowest BCUT2D eigenvalue weighted by Crippen LogP contribution is -2.34. The van der Waals surface area contributed by atoms with Gasteiger partial charge in [0, 0.05) is 5.69 Å². The van der Waals surface area contributed by atoms with Gasteiger partial charge in [-0.05, 0) is 57.2 Å². The molecule has 0 spiro atoms. The number of benzene rings is 1. The number of ether oxygens (including phenoxy) is 1. The number of esters is 1. The second-order valence-electron chi connectivity index (χ2n) is 5.91. The Bertz CT molecular complexity index is 431. The second kappa shape index (κ2) is 5.64. The maximum absolute atomic E-state index is 12.4. The van der Waals surface area contributed by atoms with E-state index >= 15 is 0 Å². The molecule has 0 unspecified atom stereocenters. The van der Waals surface area contributed by atoms with Gasteiger partial charge in [-0.1, -0.05) is 18.6 Å². The third-order valence-corrected chi connectivity index (χ3v) is 3.97. The van der Waals surface area contributed by atoms with Crippen LogP contribution in [0.2, 0.25) is 0 Å². The van der Waals surface area contributed by atoms with Crippen molar-refractivity contribution >= 4 is 11.7 Å². The molecule has 3 heteroatoms. The molecule has 2 rings (SSSR count). The van der Waals surface area contributed by atoms with Crippen molar-refractivity contribution in [2.75, 3.05) is 5.73 Å². The summed E-state index contributed by atoms with van der Waals surface area (Å²) in [4.78, 5) is 12.4. The van der Waals surface area contributed by atoms with Gasteiger partial charge < -0.3 is 10.5 Å². The van der Waals surface area contributed by atoms with Gasteiger partial charge in [0.15, 0.2) is 0 Å². The molecule has 1 aromatic carbocycles. The maximum atomic E-state index is 12.4. The Morgan fingerprint density at radius 3 is 2.32 bits per heavy atom. The first-order valence-electron chi connectivity index (χ1n) is 7.07. The molecule has 0 amide bonds. The van der Waals surface area contributed by atoms with E-state index in [1.54, 1.807) is 0 Å². The summed E-state index contributed by atoms with van der Waals surface area (Å²) in [7, 11) is 0. The summed E-state index contributed by atoms with van der Waals surface area (Å²) in [5, 5.41) is 0. The van der Waals surface area contributed by atoms with E-state index in [1.807, 2.05) is 38.1 Å². The number of hydrogen-bond acceptors (Lipinski definition) is 3. The quantitative estimate of drug-likeness (QED) is 0.670. The highest BCUT2D eigenvalue weighted by atomic mass is 16.5. The van der Waals surface area contributed by atoms with Crippen LogP contribution in [0.25, 0.3) is 0 Å². The Kier molecular flexibility index (Phi) is 4.13. The van der Waals surface area contributed by atoms with Crippen LogP contribution >= 0.6 is 0 Å². The molecule has 3 nitrogen and oxygen atoms in total. The first kappa shape index (κ1) is 13.9. The second-order valence-corrected chi connectivity index (χ2v) is 5.91. The zero-order valence-electron chi connectivity index (χ0n) is 11.8. The van der Waals surface area contributed by atoms with E-state index in [0.717, 1.165) is 18.4 Å². The average Bonchev–Trinajstić information content (AvgIpc) is 2.40. The van der Waals surface area contributed by atoms with Gasteiger partial charge in [-0.2, -0.15) is 0 Å². The minimum Gasteiger partial charge on any atom is -0.462 e. The highest BCUT2D eigenvalue weighted by molar-refractivity contribution is 5.82. The van der Waals surface area contributed by atoms with E-state index in [4.69, 9.17) is 10.5 Å². The average molecular weight is 261 g/mol. The fraction of sp³-hybridized carbons (Fsp3) is 0.562.